The van der Waals surface area contributed by atoms with Crippen LogP contribution in [-0.4, -0.2) is 65.3 Å². The monoisotopic (exact) mass is 472 g/mol. The lowest BCUT2D eigenvalue weighted by molar-refractivity contribution is 0.0432. The van der Waals surface area contributed by atoms with Crippen molar-refractivity contribution in [1.82, 2.24) is 14.7 Å². The molecule has 1 aliphatic carbocycles. The highest BCUT2D eigenvalue weighted by molar-refractivity contribution is 6.05. The zero-order chi connectivity index (χ0) is 23.9. The lowest BCUT2D eigenvalue weighted by Gasteiger charge is -2.42. The second kappa shape index (κ2) is 9.40. The Hall–Kier alpha value is -2.70. The number of piperidine rings is 1. The van der Waals surface area contributed by atoms with Gasteiger partial charge in [0.1, 0.15) is 0 Å². The van der Waals surface area contributed by atoms with Crippen LogP contribution in [0.5, 0.6) is 0 Å². The first kappa shape index (κ1) is 22.7. The molecule has 1 unspecified atom stereocenters. The molecule has 2 saturated heterocycles. The van der Waals surface area contributed by atoms with Crippen LogP contribution in [0.2, 0.25) is 0 Å². The molecule has 184 valence electrons. The minimum Gasteiger partial charge on any atom is -0.338 e. The molecule has 3 fully saturated rings. The Balaban J connectivity index is 1.08. The molecule has 35 heavy (non-hydrogen) atoms. The van der Waals surface area contributed by atoms with Crippen LogP contribution < -0.4 is 5.32 Å². The first-order valence-electron chi connectivity index (χ1n) is 13.4. The number of hydrogen-bond acceptors (Lipinski definition) is 4. The number of carbonyl (C=O) groups excluding carboxylic acids is 2. The zero-order valence-corrected chi connectivity index (χ0v) is 20.7. The van der Waals surface area contributed by atoms with E-state index in [0.717, 1.165) is 38.4 Å². The summed E-state index contributed by atoms with van der Waals surface area (Å²) < 4.78 is 0. The van der Waals surface area contributed by atoms with Crippen LogP contribution in [0.15, 0.2) is 42.5 Å². The van der Waals surface area contributed by atoms with Crippen molar-refractivity contribution in [1.29, 1.82) is 0 Å². The third kappa shape index (κ3) is 4.38. The highest BCUT2D eigenvalue weighted by Gasteiger charge is 2.46. The summed E-state index contributed by atoms with van der Waals surface area (Å²) in [7, 11) is 0. The Morgan fingerprint density at radius 2 is 1.54 bits per heavy atom. The SMILES string of the molecule is CCN1Cc2ccc(NC(=O)c3ccc(C(=O)N4C[C@H]5CC[C@@H](C4)C5N4CCCC4)cc3)cc2C1. The zero-order valence-electron chi connectivity index (χ0n) is 20.7. The minimum atomic E-state index is -0.140. The molecular weight excluding hydrogens is 436 g/mol. The number of fused-ring (bicyclic) bond motifs is 3. The largest absolute Gasteiger partial charge is 0.338 e. The minimum absolute atomic E-state index is 0.104. The van der Waals surface area contributed by atoms with Gasteiger partial charge in [0.25, 0.3) is 11.8 Å². The molecular formula is C29H36N4O2. The van der Waals surface area contributed by atoms with Crippen LogP contribution >= 0.6 is 0 Å². The lowest BCUT2D eigenvalue weighted by Crippen LogP contribution is -2.53. The van der Waals surface area contributed by atoms with E-state index < -0.39 is 0 Å². The van der Waals surface area contributed by atoms with E-state index in [9.17, 15) is 9.59 Å². The van der Waals surface area contributed by atoms with E-state index in [4.69, 9.17) is 0 Å². The molecule has 6 nitrogen and oxygen atoms in total. The van der Waals surface area contributed by atoms with E-state index in [0.29, 0.717) is 29.0 Å². The van der Waals surface area contributed by atoms with E-state index >= 15 is 0 Å². The van der Waals surface area contributed by atoms with E-state index in [1.54, 1.807) is 12.1 Å². The third-order valence-corrected chi connectivity index (χ3v) is 8.73. The molecule has 3 heterocycles. The summed E-state index contributed by atoms with van der Waals surface area (Å²) in [5.74, 6) is 1.18. The quantitative estimate of drug-likeness (QED) is 0.708. The highest BCUT2D eigenvalue weighted by atomic mass is 16.2. The number of anilines is 1. The van der Waals surface area contributed by atoms with Gasteiger partial charge in [0, 0.05) is 49.0 Å². The summed E-state index contributed by atoms with van der Waals surface area (Å²) in [6, 6.07) is 14.0. The summed E-state index contributed by atoms with van der Waals surface area (Å²) in [6.07, 6.45) is 5.13. The Kier molecular flexibility index (Phi) is 6.11. The number of hydrogen-bond donors (Lipinski definition) is 1. The van der Waals surface area contributed by atoms with Crippen LogP contribution in [0, 0.1) is 11.8 Å². The second-order valence-corrected chi connectivity index (χ2v) is 10.9. The van der Waals surface area contributed by atoms with Crippen molar-refractivity contribution in [3.8, 4) is 0 Å². The third-order valence-electron chi connectivity index (χ3n) is 8.73. The summed E-state index contributed by atoms with van der Waals surface area (Å²) >= 11 is 0. The van der Waals surface area contributed by atoms with Crippen molar-refractivity contribution in [3.63, 3.8) is 0 Å². The molecule has 0 spiro atoms. The number of carbonyl (C=O) groups is 2. The average molecular weight is 473 g/mol. The maximum Gasteiger partial charge on any atom is 0.255 e. The van der Waals surface area contributed by atoms with E-state index in [1.165, 1.54) is 49.9 Å². The van der Waals surface area contributed by atoms with Crippen LogP contribution in [-0.2, 0) is 13.1 Å². The molecule has 6 rings (SSSR count). The van der Waals surface area contributed by atoms with Gasteiger partial charge < -0.3 is 10.2 Å². The fourth-order valence-electron chi connectivity index (χ4n) is 6.91. The summed E-state index contributed by atoms with van der Waals surface area (Å²) in [5.41, 5.74) is 4.70. The van der Waals surface area contributed by atoms with Gasteiger partial charge in [0.15, 0.2) is 0 Å². The van der Waals surface area contributed by atoms with Crippen LogP contribution in [0.4, 0.5) is 5.69 Å². The normalized spacial score (nSPS) is 26.2. The standard InChI is InChI=1S/C29H36N4O2/c1-2-31-16-22-11-12-26(15-25(22)17-31)30-28(34)20-5-7-21(8-6-20)29(35)33-18-23-9-10-24(19-33)27(23)32-13-3-4-14-32/h5-8,11-12,15,23-24,27H,2-4,9-10,13-14,16-19H2,1H3,(H,30,34)/t23-,24+,27?. The molecule has 1 saturated carbocycles. The average Bonchev–Trinajstić information content (AvgIpc) is 3.60. The lowest BCUT2D eigenvalue weighted by atomic mass is 9.90. The number of nitrogens with one attached hydrogen (secondary N) is 1. The summed E-state index contributed by atoms with van der Waals surface area (Å²) in [5, 5.41) is 3.03. The van der Waals surface area contributed by atoms with Gasteiger partial charge in [0.05, 0.1) is 0 Å². The summed E-state index contributed by atoms with van der Waals surface area (Å²) in [4.78, 5) is 33.3. The fourth-order valence-corrected chi connectivity index (χ4v) is 6.91. The van der Waals surface area contributed by atoms with Crippen molar-refractivity contribution < 1.29 is 9.59 Å². The van der Waals surface area contributed by atoms with E-state index in [1.807, 2.05) is 18.2 Å². The van der Waals surface area contributed by atoms with Gasteiger partial charge in [-0.05, 0) is 105 Å². The molecule has 2 bridgehead atoms. The number of amides is 2. The molecule has 3 atom stereocenters. The Bertz CT molecular complexity index is 1090. The summed E-state index contributed by atoms with van der Waals surface area (Å²) in [6.45, 7) is 9.31. The van der Waals surface area contributed by atoms with E-state index in [2.05, 4.69) is 39.1 Å². The first-order valence-corrected chi connectivity index (χ1v) is 13.4. The molecule has 0 aromatic heterocycles. The highest BCUT2D eigenvalue weighted by Crippen LogP contribution is 2.41. The predicted molar refractivity (Wildman–Crippen MR) is 137 cm³/mol. The van der Waals surface area contributed by atoms with Crippen molar-refractivity contribution in [2.24, 2.45) is 11.8 Å². The maximum atomic E-state index is 13.3. The van der Waals surface area contributed by atoms with Crippen molar-refractivity contribution in [3.05, 3.63) is 64.7 Å². The van der Waals surface area contributed by atoms with Gasteiger partial charge in [-0.2, -0.15) is 0 Å². The van der Waals surface area contributed by atoms with Gasteiger partial charge >= 0.3 is 0 Å². The van der Waals surface area contributed by atoms with Crippen LogP contribution in [0.3, 0.4) is 0 Å². The number of likely N-dealkylation sites (tertiary alicyclic amines) is 2. The topological polar surface area (TPSA) is 55.9 Å². The predicted octanol–water partition coefficient (Wildman–Crippen LogP) is 4.22. The molecule has 1 N–H and O–H groups in total. The van der Waals surface area contributed by atoms with Gasteiger partial charge in [-0.25, -0.2) is 0 Å². The number of benzene rings is 2. The van der Waals surface area contributed by atoms with E-state index in [-0.39, 0.29) is 11.8 Å². The fraction of sp³-hybridized carbons (Fsp3) is 0.517. The smallest absolute Gasteiger partial charge is 0.255 e. The van der Waals surface area contributed by atoms with Crippen molar-refractivity contribution >= 4 is 17.5 Å². The molecule has 4 aliphatic rings. The van der Waals surface area contributed by atoms with Crippen molar-refractivity contribution in [2.45, 2.75) is 51.7 Å². The molecule has 0 radical (unpaired) electrons. The number of rotatable bonds is 5. The van der Waals surface area contributed by atoms with Gasteiger partial charge in [-0.15, -0.1) is 0 Å². The Morgan fingerprint density at radius 1 is 0.886 bits per heavy atom. The molecule has 2 aromatic carbocycles. The van der Waals surface area contributed by atoms with Crippen LogP contribution in [0.25, 0.3) is 0 Å². The van der Waals surface area contributed by atoms with Gasteiger partial charge in [-0.1, -0.05) is 13.0 Å². The first-order chi connectivity index (χ1) is 17.1. The Labute approximate surface area is 208 Å². The molecule has 2 aromatic rings. The second-order valence-electron chi connectivity index (χ2n) is 10.9. The van der Waals surface area contributed by atoms with Gasteiger partial charge in [0.2, 0.25) is 0 Å². The van der Waals surface area contributed by atoms with Crippen LogP contribution in [0.1, 0.15) is 64.4 Å². The van der Waals surface area contributed by atoms with Crippen molar-refractivity contribution in [2.75, 3.05) is 38.0 Å². The molecule has 6 heteroatoms. The maximum absolute atomic E-state index is 13.3. The Morgan fingerprint density at radius 3 is 2.23 bits per heavy atom. The van der Waals surface area contributed by atoms with Gasteiger partial charge in [-0.3, -0.25) is 19.4 Å². The molecule has 3 aliphatic heterocycles. The number of nitrogens with zero attached hydrogens (tertiary/aromatic N) is 3. The molecule has 2 amide bonds.